The zero-order chi connectivity index (χ0) is 21.6. The van der Waals surface area contributed by atoms with E-state index in [-0.39, 0.29) is 11.3 Å². The van der Waals surface area contributed by atoms with Gasteiger partial charge in [-0.15, -0.1) is 0 Å². The Bertz CT molecular complexity index is 989. The molecule has 0 aliphatic rings. The van der Waals surface area contributed by atoms with Gasteiger partial charge in [0.25, 0.3) is 0 Å². The molecule has 0 aliphatic carbocycles. The van der Waals surface area contributed by atoms with Crippen molar-refractivity contribution < 1.29 is 9.66 Å². The van der Waals surface area contributed by atoms with Gasteiger partial charge in [0.15, 0.2) is 0 Å². The van der Waals surface area contributed by atoms with Gasteiger partial charge in [-0.1, -0.05) is 63.2 Å². The van der Waals surface area contributed by atoms with Crippen LogP contribution in [0.1, 0.15) is 49.1 Å². The predicted molar refractivity (Wildman–Crippen MR) is 119 cm³/mol. The Morgan fingerprint density at radius 2 is 1.63 bits per heavy atom. The van der Waals surface area contributed by atoms with E-state index in [2.05, 4.69) is 37.9 Å². The Kier molecular flexibility index (Phi) is 6.62. The van der Waals surface area contributed by atoms with E-state index in [1.165, 1.54) is 17.2 Å². The Balaban J connectivity index is 1.78. The SMILES string of the molecule is CC(C)(C)C(c1ccc(C=C[N+](=O)[O-])cc1)c1ccc(OCc2ccccn2)cc1. The predicted octanol–water partition coefficient (Wildman–Crippen LogP) is 6.09. The van der Waals surface area contributed by atoms with Crippen LogP contribution in [0.3, 0.4) is 0 Å². The molecular formula is C25H26N2O3. The average Bonchev–Trinajstić information content (AvgIpc) is 2.72. The fraction of sp³-hybridized carbons (Fsp3) is 0.240. The number of hydrogen-bond acceptors (Lipinski definition) is 4. The summed E-state index contributed by atoms with van der Waals surface area (Å²) in [5.74, 6) is 0.980. The zero-order valence-electron chi connectivity index (χ0n) is 17.5. The minimum atomic E-state index is -0.455. The quantitative estimate of drug-likeness (QED) is 0.354. The molecule has 5 nitrogen and oxygen atoms in total. The van der Waals surface area contributed by atoms with Gasteiger partial charge in [0.2, 0.25) is 6.20 Å². The number of nitrogens with zero attached hydrogens (tertiary/aromatic N) is 2. The lowest BCUT2D eigenvalue weighted by Crippen LogP contribution is -2.19. The van der Waals surface area contributed by atoms with Crippen molar-refractivity contribution in [2.45, 2.75) is 33.3 Å². The minimum Gasteiger partial charge on any atom is -0.487 e. The molecule has 0 bridgehead atoms. The Hall–Kier alpha value is -3.47. The van der Waals surface area contributed by atoms with Crippen LogP contribution in [0.4, 0.5) is 0 Å². The largest absolute Gasteiger partial charge is 0.487 e. The smallest absolute Gasteiger partial charge is 0.235 e. The molecule has 0 saturated heterocycles. The Labute approximate surface area is 177 Å². The highest BCUT2D eigenvalue weighted by molar-refractivity contribution is 5.50. The molecule has 0 spiro atoms. The summed E-state index contributed by atoms with van der Waals surface area (Å²) in [6.07, 6.45) is 4.22. The van der Waals surface area contributed by atoms with E-state index < -0.39 is 4.92 Å². The van der Waals surface area contributed by atoms with Gasteiger partial charge in [-0.3, -0.25) is 15.1 Å². The molecule has 3 rings (SSSR count). The van der Waals surface area contributed by atoms with E-state index in [4.69, 9.17) is 4.74 Å². The van der Waals surface area contributed by atoms with E-state index in [9.17, 15) is 10.1 Å². The molecule has 154 valence electrons. The summed E-state index contributed by atoms with van der Waals surface area (Å²) in [4.78, 5) is 14.3. The van der Waals surface area contributed by atoms with Gasteiger partial charge in [0.1, 0.15) is 12.4 Å². The minimum absolute atomic E-state index is 0.00543. The normalized spacial score (nSPS) is 12.6. The molecule has 0 saturated carbocycles. The lowest BCUT2D eigenvalue weighted by molar-refractivity contribution is -0.400. The summed E-state index contributed by atoms with van der Waals surface area (Å²) in [6, 6.07) is 21.9. The molecule has 1 atom stereocenters. The summed E-state index contributed by atoms with van der Waals surface area (Å²) in [6.45, 7) is 7.07. The van der Waals surface area contributed by atoms with E-state index >= 15 is 0 Å². The fourth-order valence-corrected chi connectivity index (χ4v) is 3.54. The third-order valence-electron chi connectivity index (χ3n) is 4.85. The van der Waals surface area contributed by atoms with Gasteiger partial charge in [0.05, 0.1) is 10.6 Å². The number of benzene rings is 2. The van der Waals surface area contributed by atoms with Gasteiger partial charge in [0, 0.05) is 18.2 Å². The topological polar surface area (TPSA) is 65.3 Å². The van der Waals surface area contributed by atoms with Crippen LogP contribution in [0.2, 0.25) is 0 Å². The van der Waals surface area contributed by atoms with Gasteiger partial charge < -0.3 is 4.74 Å². The van der Waals surface area contributed by atoms with E-state index in [0.29, 0.717) is 6.61 Å². The average molecular weight is 402 g/mol. The molecule has 1 heterocycles. The van der Waals surface area contributed by atoms with Crippen LogP contribution < -0.4 is 4.74 Å². The molecular weight excluding hydrogens is 376 g/mol. The molecule has 5 heteroatoms. The van der Waals surface area contributed by atoms with E-state index in [0.717, 1.165) is 23.2 Å². The van der Waals surface area contributed by atoms with Gasteiger partial charge in [-0.05, 0) is 46.4 Å². The van der Waals surface area contributed by atoms with Crippen LogP contribution in [0.15, 0.2) is 79.1 Å². The number of nitro groups is 1. The molecule has 0 radical (unpaired) electrons. The molecule has 1 aromatic heterocycles. The van der Waals surface area contributed by atoms with Crippen molar-refractivity contribution in [3.63, 3.8) is 0 Å². The Morgan fingerprint density at radius 1 is 1.00 bits per heavy atom. The van der Waals surface area contributed by atoms with Crippen LogP contribution >= 0.6 is 0 Å². The summed E-state index contributed by atoms with van der Waals surface area (Å²) in [7, 11) is 0. The summed E-state index contributed by atoms with van der Waals surface area (Å²) in [5.41, 5.74) is 4.06. The van der Waals surface area contributed by atoms with Crippen molar-refractivity contribution in [1.29, 1.82) is 0 Å². The molecule has 2 aromatic carbocycles. The number of pyridine rings is 1. The summed E-state index contributed by atoms with van der Waals surface area (Å²) in [5, 5.41) is 10.5. The van der Waals surface area contributed by atoms with Crippen molar-refractivity contribution >= 4 is 6.08 Å². The number of aromatic nitrogens is 1. The van der Waals surface area contributed by atoms with E-state index in [1.807, 2.05) is 54.6 Å². The maximum absolute atomic E-state index is 10.5. The van der Waals surface area contributed by atoms with Crippen molar-refractivity contribution in [1.82, 2.24) is 4.98 Å². The van der Waals surface area contributed by atoms with Gasteiger partial charge in [-0.25, -0.2) is 0 Å². The van der Waals surface area contributed by atoms with Crippen molar-refractivity contribution in [3.8, 4) is 5.75 Å². The van der Waals surface area contributed by atoms with Gasteiger partial charge >= 0.3 is 0 Å². The molecule has 0 N–H and O–H groups in total. The first-order valence-electron chi connectivity index (χ1n) is 9.87. The van der Waals surface area contributed by atoms with Crippen molar-refractivity contribution in [3.05, 3.63) is 112 Å². The molecule has 0 aliphatic heterocycles. The maximum Gasteiger partial charge on any atom is 0.235 e. The third-order valence-corrected chi connectivity index (χ3v) is 4.85. The molecule has 0 fully saturated rings. The highest BCUT2D eigenvalue weighted by Gasteiger charge is 2.27. The van der Waals surface area contributed by atoms with Crippen molar-refractivity contribution in [2.24, 2.45) is 5.41 Å². The molecule has 30 heavy (non-hydrogen) atoms. The number of ether oxygens (including phenoxy) is 1. The second-order valence-electron chi connectivity index (χ2n) is 8.25. The highest BCUT2D eigenvalue weighted by atomic mass is 16.6. The fourth-order valence-electron chi connectivity index (χ4n) is 3.54. The molecule has 3 aromatic rings. The van der Waals surface area contributed by atoms with Crippen LogP contribution in [0.25, 0.3) is 6.08 Å². The lowest BCUT2D eigenvalue weighted by atomic mass is 9.72. The first-order valence-corrected chi connectivity index (χ1v) is 9.87. The van der Waals surface area contributed by atoms with Crippen LogP contribution in [0.5, 0.6) is 5.75 Å². The molecule has 1 unspecified atom stereocenters. The number of hydrogen-bond donors (Lipinski definition) is 0. The van der Waals surface area contributed by atoms with Gasteiger partial charge in [-0.2, -0.15) is 0 Å². The number of rotatable bonds is 7. The maximum atomic E-state index is 10.5. The standard InChI is InChI=1S/C25H26N2O3/c1-25(2,3)24(20-9-7-19(8-10-20)15-17-27(28)29)21-11-13-23(14-12-21)30-18-22-6-4-5-16-26-22/h4-17,24H,18H2,1-3H3. The van der Waals surface area contributed by atoms with Crippen LogP contribution in [-0.2, 0) is 6.61 Å². The second-order valence-corrected chi connectivity index (χ2v) is 8.25. The summed E-state index contributed by atoms with van der Waals surface area (Å²) >= 11 is 0. The highest BCUT2D eigenvalue weighted by Crippen LogP contribution is 2.41. The zero-order valence-corrected chi connectivity index (χ0v) is 17.5. The first kappa shape index (κ1) is 21.2. The monoisotopic (exact) mass is 402 g/mol. The second kappa shape index (κ2) is 9.35. The summed E-state index contributed by atoms with van der Waals surface area (Å²) < 4.78 is 5.85. The lowest BCUT2D eigenvalue weighted by Gasteiger charge is -2.32. The van der Waals surface area contributed by atoms with Crippen molar-refractivity contribution in [2.75, 3.05) is 0 Å². The Morgan fingerprint density at radius 3 is 2.17 bits per heavy atom. The van der Waals surface area contributed by atoms with Crippen LogP contribution in [0, 0.1) is 15.5 Å². The first-order chi connectivity index (χ1) is 14.3. The van der Waals surface area contributed by atoms with E-state index in [1.54, 1.807) is 6.20 Å². The third kappa shape index (κ3) is 5.77. The molecule has 0 amide bonds. The van der Waals surface area contributed by atoms with Crippen LogP contribution in [-0.4, -0.2) is 9.91 Å².